The van der Waals surface area contributed by atoms with Crippen LogP contribution < -0.4 is 0 Å². The number of nitrogens with zero attached hydrogens (tertiary/aromatic N) is 2. The molecule has 0 bridgehead atoms. The summed E-state index contributed by atoms with van der Waals surface area (Å²) in [6.45, 7) is 1.39. The van der Waals surface area contributed by atoms with Gasteiger partial charge < -0.3 is 14.7 Å². The summed E-state index contributed by atoms with van der Waals surface area (Å²) in [6, 6.07) is 8.96. The molecule has 0 aliphatic heterocycles. The maximum absolute atomic E-state index is 12.6. The molecule has 1 aromatic rings. The SMILES string of the molecule is CC(=O)N(C)C(c1ccccc1)P(=O)(O)CN(C)C. The van der Waals surface area contributed by atoms with Crippen molar-refractivity contribution in [2.75, 3.05) is 27.4 Å². The van der Waals surface area contributed by atoms with Gasteiger partial charge in [-0.2, -0.15) is 0 Å². The predicted octanol–water partition coefficient (Wildman–Crippen LogP) is 1.95. The highest BCUT2D eigenvalue weighted by Gasteiger charge is 2.37. The summed E-state index contributed by atoms with van der Waals surface area (Å²) >= 11 is 0. The van der Waals surface area contributed by atoms with Gasteiger partial charge in [-0.3, -0.25) is 9.36 Å². The summed E-state index contributed by atoms with van der Waals surface area (Å²) in [6.07, 6.45) is 0.0319. The van der Waals surface area contributed by atoms with Crippen LogP contribution in [0, 0.1) is 0 Å². The first-order valence-electron chi connectivity index (χ1n) is 6.00. The minimum Gasteiger partial charge on any atom is -0.342 e. The van der Waals surface area contributed by atoms with Crippen molar-refractivity contribution in [1.29, 1.82) is 0 Å². The number of hydrogen-bond acceptors (Lipinski definition) is 3. The first-order chi connectivity index (χ1) is 8.75. The maximum Gasteiger partial charge on any atom is 0.240 e. The van der Waals surface area contributed by atoms with Crippen molar-refractivity contribution in [1.82, 2.24) is 9.80 Å². The van der Waals surface area contributed by atoms with Crippen molar-refractivity contribution in [2.24, 2.45) is 0 Å². The summed E-state index contributed by atoms with van der Waals surface area (Å²) in [7, 11) is 1.46. The molecule has 6 heteroatoms. The van der Waals surface area contributed by atoms with Gasteiger partial charge in [0, 0.05) is 14.0 Å². The second kappa shape index (κ2) is 6.33. The Hall–Kier alpha value is -1.16. The second-order valence-electron chi connectivity index (χ2n) is 4.89. The van der Waals surface area contributed by atoms with Crippen LogP contribution in [0.5, 0.6) is 0 Å². The Morgan fingerprint density at radius 2 is 1.79 bits per heavy atom. The van der Waals surface area contributed by atoms with E-state index in [-0.39, 0.29) is 12.2 Å². The van der Waals surface area contributed by atoms with Gasteiger partial charge in [0.1, 0.15) is 5.78 Å². The van der Waals surface area contributed by atoms with Crippen LogP contribution in [0.25, 0.3) is 0 Å². The molecule has 0 aliphatic carbocycles. The summed E-state index contributed by atoms with van der Waals surface area (Å²) in [5.74, 6) is -1.05. The Morgan fingerprint density at radius 1 is 1.26 bits per heavy atom. The van der Waals surface area contributed by atoms with E-state index in [2.05, 4.69) is 0 Å². The molecule has 0 fully saturated rings. The minimum absolute atomic E-state index is 0.0319. The second-order valence-corrected chi connectivity index (χ2v) is 7.17. The molecule has 106 valence electrons. The van der Waals surface area contributed by atoms with E-state index in [0.717, 1.165) is 0 Å². The lowest BCUT2D eigenvalue weighted by atomic mass is 10.2. The number of rotatable bonds is 5. The van der Waals surface area contributed by atoms with E-state index in [1.54, 1.807) is 50.3 Å². The molecule has 5 nitrogen and oxygen atoms in total. The van der Waals surface area contributed by atoms with Gasteiger partial charge in [-0.25, -0.2) is 0 Å². The fourth-order valence-corrected chi connectivity index (χ4v) is 4.31. The van der Waals surface area contributed by atoms with Crippen molar-refractivity contribution in [3.8, 4) is 0 Å². The third-order valence-corrected chi connectivity index (χ3v) is 5.21. The van der Waals surface area contributed by atoms with Gasteiger partial charge in [-0.15, -0.1) is 0 Å². The largest absolute Gasteiger partial charge is 0.342 e. The molecule has 1 rings (SSSR count). The lowest BCUT2D eigenvalue weighted by molar-refractivity contribution is -0.128. The molecule has 0 aromatic heterocycles. The fraction of sp³-hybridized carbons (Fsp3) is 0.462. The van der Waals surface area contributed by atoms with Crippen LogP contribution in [0.4, 0.5) is 0 Å². The Morgan fingerprint density at radius 3 is 2.21 bits per heavy atom. The number of carbonyl (C=O) groups excluding carboxylic acids is 1. The number of benzene rings is 1. The smallest absolute Gasteiger partial charge is 0.240 e. The molecule has 0 aliphatic rings. The molecule has 1 aromatic carbocycles. The Balaban J connectivity index is 3.20. The van der Waals surface area contributed by atoms with Crippen molar-refractivity contribution in [2.45, 2.75) is 12.7 Å². The molecule has 19 heavy (non-hydrogen) atoms. The standard InChI is InChI=1S/C13H21N2O3P/c1-11(16)15(4)13(12-8-6-5-7-9-12)19(17,18)10-14(2)3/h5-9,13H,10H2,1-4H3,(H,17,18). The Labute approximate surface area is 114 Å². The highest BCUT2D eigenvalue weighted by Crippen LogP contribution is 2.56. The van der Waals surface area contributed by atoms with Gasteiger partial charge in [0.2, 0.25) is 13.3 Å². The first-order valence-corrected chi connectivity index (χ1v) is 7.91. The molecule has 0 spiro atoms. The molecular formula is C13H21N2O3P. The number of carbonyl (C=O) groups is 1. The zero-order chi connectivity index (χ0) is 14.6. The van der Waals surface area contributed by atoms with Gasteiger partial charge in [-0.05, 0) is 19.7 Å². The van der Waals surface area contributed by atoms with E-state index < -0.39 is 13.2 Å². The van der Waals surface area contributed by atoms with E-state index >= 15 is 0 Å². The monoisotopic (exact) mass is 284 g/mol. The van der Waals surface area contributed by atoms with Crippen LogP contribution in [-0.2, 0) is 9.36 Å². The van der Waals surface area contributed by atoms with Crippen LogP contribution in [0.15, 0.2) is 30.3 Å². The lowest BCUT2D eigenvalue weighted by Crippen LogP contribution is -2.31. The normalized spacial score (nSPS) is 15.9. The maximum atomic E-state index is 12.6. The highest BCUT2D eigenvalue weighted by molar-refractivity contribution is 7.58. The number of hydrogen-bond donors (Lipinski definition) is 1. The molecular weight excluding hydrogens is 263 g/mol. The average molecular weight is 284 g/mol. The zero-order valence-electron chi connectivity index (χ0n) is 11.8. The molecule has 2 unspecified atom stereocenters. The van der Waals surface area contributed by atoms with Crippen LogP contribution in [-0.4, -0.2) is 48.0 Å². The molecule has 0 saturated carbocycles. The van der Waals surface area contributed by atoms with E-state index in [1.165, 1.54) is 11.8 Å². The fourth-order valence-electron chi connectivity index (χ4n) is 2.01. The van der Waals surface area contributed by atoms with Crippen LogP contribution in [0.1, 0.15) is 18.3 Å². The van der Waals surface area contributed by atoms with Crippen LogP contribution >= 0.6 is 7.37 Å². The highest BCUT2D eigenvalue weighted by atomic mass is 31.2. The van der Waals surface area contributed by atoms with E-state index in [9.17, 15) is 14.3 Å². The number of amides is 1. The van der Waals surface area contributed by atoms with Crippen LogP contribution in [0.2, 0.25) is 0 Å². The third-order valence-electron chi connectivity index (χ3n) is 2.83. The Kier molecular flexibility index (Phi) is 5.29. The van der Waals surface area contributed by atoms with Gasteiger partial charge in [0.15, 0.2) is 0 Å². The molecule has 0 heterocycles. The van der Waals surface area contributed by atoms with E-state index in [0.29, 0.717) is 5.56 Å². The molecule has 1 N–H and O–H groups in total. The Bertz CT molecular complexity index is 476. The van der Waals surface area contributed by atoms with Crippen molar-refractivity contribution in [3.05, 3.63) is 35.9 Å². The van der Waals surface area contributed by atoms with Crippen molar-refractivity contribution in [3.63, 3.8) is 0 Å². The summed E-state index contributed by atoms with van der Waals surface area (Å²) < 4.78 is 12.6. The lowest BCUT2D eigenvalue weighted by Gasteiger charge is -2.32. The molecule has 0 saturated heterocycles. The van der Waals surface area contributed by atoms with Gasteiger partial charge >= 0.3 is 0 Å². The zero-order valence-corrected chi connectivity index (χ0v) is 12.7. The predicted molar refractivity (Wildman–Crippen MR) is 76.0 cm³/mol. The summed E-state index contributed by atoms with van der Waals surface area (Å²) in [5.41, 5.74) is 0.674. The van der Waals surface area contributed by atoms with Crippen molar-refractivity contribution >= 4 is 13.3 Å². The van der Waals surface area contributed by atoms with E-state index in [1.807, 2.05) is 6.07 Å². The quantitative estimate of drug-likeness (QED) is 0.840. The van der Waals surface area contributed by atoms with Gasteiger partial charge in [-0.1, -0.05) is 30.3 Å². The summed E-state index contributed by atoms with van der Waals surface area (Å²) in [5, 5.41) is 0. The van der Waals surface area contributed by atoms with E-state index in [4.69, 9.17) is 0 Å². The summed E-state index contributed by atoms with van der Waals surface area (Å²) in [4.78, 5) is 24.9. The first kappa shape index (κ1) is 15.9. The van der Waals surface area contributed by atoms with Gasteiger partial charge in [0.05, 0.1) is 6.29 Å². The topological polar surface area (TPSA) is 60.9 Å². The average Bonchev–Trinajstić information content (AvgIpc) is 2.28. The van der Waals surface area contributed by atoms with Gasteiger partial charge in [0.25, 0.3) is 0 Å². The third kappa shape index (κ3) is 4.16. The van der Waals surface area contributed by atoms with Crippen molar-refractivity contribution < 1.29 is 14.3 Å². The van der Waals surface area contributed by atoms with Crippen LogP contribution in [0.3, 0.4) is 0 Å². The molecule has 2 atom stereocenters. The molecule has 1 amide bonds. The minimum atomic E-state index is -3.56. The molecule has 0 radical (unpaired) electrons.